The first kappa shape index (κ1) is 15.3. The van der Waals surface area contributed by atoms with Gasteiger partial charge in [-0.25, -0.2) is 8.42 Å². The van der Waals surface area contributed by atoms with Gasteiger partial charge in [0.05, 0.1) is 5.25 Å². The van der Waals surface area contributed by atoms with E-state index in [9.17, 15) is 8.42 Å². The Kier molecular flexibility index (Phi) is 3.81. The molecule has 3 nitrogen and oxygen atoms in total. The van der Waals surface area contributed by atoms with Gasteiger partial charge in [0.25, 0.3) is 0 Å². The van der Waals surface area contributed by atoms with Crippen LogP contribution in [0.1, 0.15) is 53.4 Å². The Bertz CT molecular complexity index is 425. The molecule has 0 aromatic rings. The maximum Gasteiger partial charge on any atom is 0.150 e. The van der Waals surface area contributed by atoms with E-state index in [4.69, 9.17) is 0 Å². The highest BCUT2D eigenvalue weighted by Crippen LogP contribution is 2.67. The first-order valence-corrected chi connectivity index (χ1v) is 9.44. The third-order valence-corrected chi connectivity index (χ3v) is 7.80. The van der Waals surface area contributed by atoms with Crippen LogP contribution >= 0.6 is 0 Å². The van der Waals surface area contributed by atoms with Crippen LogP contribution < -0.4 is 5.32 Å². The smallest absolute Gasteiger partial charge is 0.150 e. The number of hydrogen-bond donors (Lipinski definition) is 1. The van der Waals surface area contributed by atoms with Gasteiger partial charge in [0.15, 0.2) is 0 Å². The van der Waals surface area contributed by atoms with Crippen molar-refractivity contribution in [1.29, 1.82) is 0 Å². The minimum atomic E-state index is -2.87. The average Bonchev–Trinajstić information content (AvgIpc) is 2.66. The fraction of sp³-hybridized carbons (Fsp3) is 1.00. The van der Waals surface area contributed by atoms with Crippen LogP contribution in [0.2, 0.25) is 0 Å². The molecule has 2 rings (SSSR count). The summed E-state index contributed by atoms with van der Waals surface area (Å²) >= 11 is 0. The Hall–Kier alpha value is -0.0900. The number of rotatable bonds is 4. The second-order valence-electron chi connectivity index (χ2n) is 7.72. The van der Waals surface area contributed by atoms with Crippen molar-refractivity contribution in [3.63, 3.8) is 0 Å². The SMILES string of the molecule is CC1(C)C(CNC2CCCC(S(C)(=O)=O)C2)C1(C)C. The van der Waals surface area contributed by atoms with Crippen molar-refractivity contribution in [2.75, 3.05) is 12.8 Å². The Morgan fingerprint density at radius 1 is 1.11 bits per heavy atom. The quantitative estimate of drug-likeness (QED) is 0.864. The van der Waals surface area contributed by atoms with Crippen molar-refractivity contribution in [2.45, 2.75) is 64.7 Å². The lowest BCUT2D eigenvalue weighted by Gasteiger charge is -2.29. The standard InChI is InChI=1S/C15H29NO2S/c1-14(2)13(15(14,3)4)10-16-11-7-6-8-12(9-11)19(5,17)18/h11-13,16H,6-10H2,1-5H3. The van der Waals surface area contributed by atoms with E-state index in [2.05, 4.69) is 33.0 Å². The molecule has 0 aliphatic heterocycles. The molecule has 112 valence electrons. The number of hydrogen-bond acceptors (Lipinski definition) is 3. The van der Waals surface area contributed by atoms with E-state index in [0.29, 0.717) is 22.8 Å². The van der Waals surface area contributed by atoms with E-state index < -0.39 is 9.84 Å². The average molecular weight is 287 g/mol. The molecule has 2 fully saturated rings. The highest BCUT2D eigenvalue weighted by Gasteiger charge is 2.63. The topological polar surface area (TPSA) is 46.2 Å². The highest BCUT2D eigenvalue weighted by atomic mass is 32.2. The minimum absolute atomic E-state index is 0.126. The van der Waals surface area contributed by atoms with Crippen molar-refractivity contribution in [1.82, 2.24) is 5.32 Å². The summed E-state index contributed by atoms with van der Waals surface area (Å²) in [5, 5.41) is 3.51. The van der Waals surface area contributed by atoms with E-state index in [1.807, 2.05) is 0 Å². The van der Waals surface area contributed by atoms with Crippen LogP contribution in [0.4, 0.5) is 0 Å². The lowest BCUT2D eigenvalue weighted by atomic mass is 9.94. The molecule has 0 bridgehead atoms. The zero-order valence-electron chi connectivity index (χ0n) is 13.0. The predicted molar refractivity (Wildman–Crippen MR) is 79.9 cm³/mol. The van der Waals surface area contributed by atoms with Crippen LogP contribution in [-0.2, 0) is 9.84 Å². The lowest BCUT2D eigenvalue weighted by molar-refractivity contribution is 0.357. The number of sulfone groups is 1. The molecule has 0 amide bonds. The first-order chi connectivity index (χ1) is 8.57. The molecule has 4 heteroatoms. The normalized spacial score (nSPS) is 34.2. The second-order valence-corrected chi connectivity index (χ2v) is 10.0. The van der Waals surface area contributed by atoms with Crippen LogP contribution in [0.5, 0.6) is 0 Å². The van der Waals surface area contributed by atoms with Gasteiger partial charge in [-0.05, 0) is 42.6 Å². The molecule has 0 aromatic carbocycles. The lowest BCUT2D eigenvalue weighted by Crippen LogP contribution is -2.40. The Morgan fingerprint density at radius 2 is 1.68 bits per heavy atom. The molecule has 19 heavy (non-hydrogen) atoms. The van der Waals surface area contributed by atoms with Gasteiger partial charge in [0, 0.05) is 12.3 Å². The van der Waals surface area contributed by atoms with Crippen LogP contribution in [-0.4, -0.2) is 32.5 Å². The van der Waals surface area contributed by atoms with E-state index in [0.717, 1.165) is 32.2 Å². The van der Waals surface area contributed by atoms with Gasteiger partial charge in [-0.3, -0.25) is 0 Å². The molecular weight excluding hydrogens is 258 g/mol. The van der Waals surface area contributed by atoms with Crippen molar-refractivity contribution >= 4 is 9.84 Å². The summed E-state index contributed by atoms with van der Waals surface area (Å²) in [6.07, 6.45) is 5.18. The molecule has 0 spiro atoms. The van der Waals surface area contributed by atoms with Gasteiger partial charge in [-0.2, -0.15) is 0 Å². The molecule has 2 aliphatic rings. The van der Waals surface area contributed by atoms with Crippen LogP contribution in [0.3, 0.4) is 0 Å². The summed E-state index contributed by atoms with van der Waals surface area (Å²) in [6.45, 7) is 10.4. The zero-order valence-corrected chi connectivity index (χ0v) is 13.8. The summed E-state index contributed by atoms with van der Waals surface area (Å²) in [7, 11) is -2.87. The molecule has 2 unspecified atom stereocenters. The van der Waals surface area contributed by atoms with Gasteiger partial charge in [-0.1, -0.05) is 34.1 Å². The molecule has 0 aromatic heterocycles. The van der Waals surface area contributed by atoms with Crippen LogP contribution in [0, 0.1) is 16.7 Å². The van der Waals surface area contributed by atoms with Crippen LogP contribution in [0.15, 0.2) is 0 Å². The summed E-state index contributed by atoms with van der Waals surface area (Å²) < 4.78 is 23.3. The zero-order chi connectivity index (χ0) is 14.5. The fourth-order valence-corrected chi connectivity index (χ4v) is 5.02. The first-order valence-electron chi connectivity index (χ1n) is 7.49. The van der Waals surface area contributed by atoms with Crippen molar-refractivity contribution in [3.05, 3.63) is 0 Å². The molecular formula is C15H29NO2S. The van der Waals surface area contributed by atoms with Gasteiger partial charge < -0.3 is 5.32 Å². The molecule has 0 radical (unpaired) electrons. The molecule has 2 saturated carbocycles. The van der Waals surface area contributed by atoms with Crippen molar-refractivity contribution in [2.24, 2.45) is 16.7 Å². The number of nitrogens with one attached hydrogen (secondary N) is 1. The van der Waals surface area contributed by atoms with Gasteiger partial charge in [-0.15, -0.1) is 0 Å². The van der Waals surface area contributed by atoms with Crippen molar-refractivity contribution < 1.29 is 8.42 Å². The predicted octanol–water partition coefficient (Wildman–Crippen LogP) is 2.61. The largest absolute Gasteiger partial charge is 0.314 e. The summed E-state index contributed by atoms with van der Waals surface area (Å²) in [4.78, 5) is 0. The summed E-state index contributed by atoms with van der Waals surface area (Å²) in [5.74, 6) is 0.707. The van der Waals surface area contributed by atoms with E-state index in [-0.39, 0.29) is 5.25 Å². The fourth-order valence-electron chi connectivity index (χ4n) is 3.85. The van der Waals surface area contributed by atoms with Gasteiger partial charge >= 0.3 is 0 Å². The molecule has 2 atom stereocenters. The van der Waals surface area contributed by atoms with E-state index in [1.165, 1.54) is 6.26 Å². The Balaban J connectivity index is 1.85. The molecule has 0 heterocycles. The van der Waals surface area contributed by atoms with Crippen LogP contribution in [0.25, 0.3) is 0 Å². The monoisotopic (exact) mass is 287 g/mol. The molecule has 0 saturated heterocycles. The Morgan fingerprint density at radius 3 is 2.16 bits per heavy atom. The minimum Gasteiger partial charge on any atom is -0.314 e. The maximum atomic E-state index is 11.7. The maximum absolute atomic E-state index is 11.7. The third kappa shape index (κ3) is 2.85. The van der Waals surface area contributed by atoms with Gasteiger partial charge in [0.1, 0.15) is 9.84 Å². The highest BCUT2D eigenvalue weighted by molar-refractivity contribution is 7.91. The molecule has 2 aliphatic carbocycles. The second kappa shape index (κ2) is 4.73. The summed E-state index contributed by atoms with van der Waals surface area (Å²) in [6, 6.07) is 0.390. The van der Waals surface area contributed by atoms with Crippen molar-refractivity contribution in [3.8, 4) is 0 Å². The Labute approximate surface area is 118 Å². The third-order valence-electron chi connectivity index (χ3n) is 6.16. The summed E-state index contributed by atoms with van der Waals surface area (Å²) in [5.41, 5.74) is 0.815. The molecule has 1 N–H and O–H groups in total. The van der Waals surface area contributed by atoms with E-state index in [1.54, 1.807) is 0 Å². The van der Waals surface area contributed by atoms with Gasteiger partial charge in [0.2, 0.25) is 0 Å². The van der Waals surface area contributed by atoms with E-state index >= 15 is 0 Å².